The van der Waals surface area contributed by atoms with Crippen molar-refractivity contribution in [2.75, 3.05) is 0 Å². The summed E-state index contributed by atoms with van der Waals surface area (Å²) >= 11 is 0. The van der Waals surface area contributed by atoms with Crippen molar-refractivity contribution in [1.29, 1.82) is 0 Å². The molecule has 0 aliphatic carbocycles. The fourth-order valence-electron chi connectivity index (χ4n) is 1.19. The highest BCUT2D eigenvalue weighted by atomic mass is 16.4. The molecule has 72 valence electrons. The van der Waals surface area contributed by atoms with Gasteiger partial charge in [-0.2, -0.15) is 0 Å². The summed E-state index contributed by atoms with van der Waals surface area (Å²) in [7, 11) is 0. The van der Waals surface area contributed by atoms with Gasteiger partial charge in [0.1, 0.15) is 0 Å². The molecular weight excluding hydrogens is 154 g/mol. The van der Waals surface area contributed by atoms with E-state index in [1.807, 2.05) is 27.7 Å². The van der Waals surface area contributed by atoms with Crippen LogP contribution in [-0.4, -0.2) is 17.1 Å². The second-order valence-electron chi connectivity index (χ2n) is 4.24. The average Bonchev–Trinajstić information content (AvgIpc) is 1.86. The Kier molecular flexibility index (Phi) is 3.71. The molecule has 0 spiro atoms. The number of aliphatic carboxylic acids is 1. The number of carboxylic acids is 1. The molecule has 0 aliphatic heterocycles. The fraction of sp³-hybridized carbons (Fsp3) is 0.889. The van der Waals surface area contributed by atoms with E-state index in [4.69, 9.17) is 10.8 Å². The van der Waals surface area contributed by atoms with Crippen LogP contribution in [0.4, 0.5) is 0 Å². The van der Waals surface area contributed by atoms with Crippen LogP contribution in [0.3, 0.4) is 0 Å². The molecule has 0 heterocycles. The van der Waals surface area contributed by atoms with Gasteiger partial charge < -0.3 is 10.8 Å². The summed E-state index contributed by atoms with van der Waals surface area (Å²) in [5.74, 6) is -1.22. The van der Waals surface area contributed by atoms with Crippen molar-refractivity contribution in [3.8, 4) is 0 Å². The lowest BCUT2D eigenvalue weighted by Gasteiger charge is -2.31. The van der Waals surface area contributed by atoms with Crippen LogP contribution >= 0.6 is 0 Å². The number of rotatable bonds is 3. The van der Waals surface area contributed by atoms with Crippen LogP contribution in [0.1, 0.15) is 34.1 Å². The summed E-state index contributed by atoms with van der Waals surface area (Å²) in [6.45, 7) is 7.74. The van der Waals surface area contributed by atoms with Gasteiger partial charge in [-0.25, -0.2) is 0 Å². The number of hydrogen-bond donors (Lipinski definition) is 2. The van der Waals surface area contributed by atoms with E-state index >= 15 is 0 Å². The minimum absolute atomic E-state index is 0.140. The third-order valence-corrected chi connectivity index (χ3v) is 2.19. The first-order valence-electron chi connectivity index (χ1n) is 4.29. The summed E-state index contributed by atoms with van der Waals surface area (Å²) in [5.41, 5.74) is 5.69. The molecule has 0 aromatic rings. The van der Waals surface area contributed by atoms with E-state index in [0.29, 0.717) is 6.42 Å². The third kappa shape index (κ3) is 2.81. The summed E-state index contributed by atoms with van der Waals surface area (Å²) in [6, 6.07) is -0.278. The number of carbonyl (C=O) groups is 1. The smallest absolute Gasteiger partial charge is 0.308 e. The van der Waals surface area contributed by atoms with Gasteiger partial charge in [-0.3, -0.25) is 4.79 Å². The summed E-state index contributed by atoms with van der Waals surface area (Å²) < 4.78 is 0. The Morgan fingerprint density at radius 2 is 1.92 bits per heavy atom. The van der Waals surface area contributed by atoms with Crippen molar-refractivity contribution in [3.63, 3.8) is 0 Å². The van der Waals surface area contributed by atoms with E-state index in [1.165, 1.54) is 0 Å². The number of hydrogen-bond acceptors (Lipinski definition) is 2. The van der Waals surface area contributed by atoms with Crippen molar-refractivity contribution >= 4 is 5.97 Å². The minimum atomic E-state index is -0.792. The molecule has 0 fully saturated rings. The lowest BCUT2D eigenvalue weighted by Crippen LogP contribution is -2.44. The summed E-state index contributed by atoms with van der Waals surface area (Å²) in [5, 5.41) is 8.83. The van der Waals surface area contributed by atoms with Gasteiger partial charge in [0.25, 0.3) is 0 Å². The van der Waals surface area contributed by atoms with Gasteiger partial charge >= 0.3 is 5.97 Å². The Balaban J connectivity index is 4.42. The van der Waals surface area contributed by atoms with Crippen molar-refractivity contribution in [3.05, 3.63) is 0 Å². The lowest BCUT2D eigenvalue weighted by atomic mass is 9.78. The molecule has 0 amide bonds. The van der Waals surface area contributed by atoms with Gasteiger partial charge in [0.15, 0.2) is 0 Å². The second-order valence-corrected chi connectivity index (χ2v) is 4.24. The Morgan fingerprint density at radius 3 is 2.00 bits per heavy atom. The van der Waals surface area contributed by atoms with Crippen LogP contribution in [0.25, 0.3) is 0 Å². The quantitative estimate of drug-likeness (QED) is 0.679. The molecule has 0 bridgehead atoms. The molecule has 3 nitrogen and oxygen atoms in total. The van der Waals surface area contributed by atoms with E-state index in [9.17, 15) is 4.79 Å². The molecule has 0 aromatic heterocycles. The zero-order valence-corrected chi connectivity index (χ0v) is 8.29. The normalized spacial score (nSPS) is 17.1. The first kappa shape index (κ1) is 11.4. The fourth-order valence-corrected chi connectivity index (χ4v) is 1.19. The van der Waals surface area contributed by atoms with Gasteiger partial charge in [-0.1, -0.05) is 27.7 Å². The third-order valence-electron chi connectivity index (χ3n) is 2.19. The zero-order valence-electron chi connectivity index (χ0n) is 8.29. The highest BCUT2D eigenvalue weighted by Gasteiger charge is 2.32. The lowest BCUT2D eigenvalue weighted by molar-refractivity contribution is -0.143. The molecule has 12 heavy (non-hydrogen) atoms. The Morgan fingerprint density at radius 1 is 1.50 bits per heavy atom. The van der Waals surface area contributed by atoms with Crippen LogP contribution in [0, 0.1) is 11.3 Å². The van der Waals surface area contributed by atoms with Crippen molar-refractivity contribution in [2.24, 2.45) is 17.1 Å². The molecule has 3 heteroatoms. The maximum atomic E-state index is 10.7. The van der Waals surface area contributed by atoms with Gasteiger partial charge in [-0.15, -0.1) is 0 Å². The van der Waals surface area contributed by atoms with Crippen LogP contribution in [-0.2, 0) is 4.79 Å². The second kappa shape index (κ2) is 3.90. The van der Waals surface area contributed by atoms with E-state index in [2.05, 4.69) is 0 Å². The van der Waals surface area contributed by atoms with Gasteiger partial charge in [-0.05, 0) is 11.8 Å². The average molecular weight is 173 g/mol. The summed E-state index contributed by atoms with van der Waals surface area (Å²) in [4.78, 5) is 10.7. The largest absolute Gasteiger partial charge is 0.481 e. The monoisotopic (exact) mass is 173 g/mol. The van der Waals surface area contributed by atoms with E-state index in [-0.39, 0.29) is 11.5 Å². The van der Waals surface area contributed by atoms with Crippen LogP contribution < -0.4 is 5.73 Å². The molecule has 0 radical (unpaired) electrons. The molecule has 0 saturated carbocycles. The van der Waals surface area contributed by atoms with E-state index in [0.717, 1.165) is 0 Å². The zero-order chi connectivity index (χ0) is 9.94. The number of nitrogens with two attached hydrogens (primary N) is 1. The van der Waals surface area contributed by atoms with Crippen LogP contribution in [0.15, 0.2) is 0 Å². The Labute approximate surface area is 74.0 Å². The van der Waals surface area contributed by atoms with Gasteiger partial charge in [0.05, 0.1) is 5.92 Å². The maximum Gasteiger partial charge on any atom is 0.308 e. The summed E-state index contributed by atoms with van der Waals surface area (Å²) in [6.07, 6.45) is 0.591. The van der Waals surface area contributed by atoms with E-state index < -0.39 is 11.9 Å². The minimum Gasteiger partial charge on any atom is -0.481 e. The van der Waals surface area contributed by atoms with Gasteiger partial charge in [0, 0.05) is 6.04 Å². The predicted molar refractivity (Wildman–Crippen MR) is 48.8 cm³/mol. The standard InChI is InChI=1S/C9H19NO2/c1-5-6(8(11)12)7(10)9(2,3)4/h6-7H,5,10H2,1-4H3,(H,11,12). The van der Waals surface area contributed by atoms with Crippen LogP contribution in [0.2, 0.25) is 0 Å². The number of carboxylic acid groups (broad SMARTS) is 1. The van der Waals surface area contributed by atoms with Crippen molar-refractivity contribution < 1.29 is 9.90 Å². The Hall–Kier alpha value is -0.570. The topological polar surface area (TPSA) is 63.3 Å². The molecule has 0 rings (SSSR count). The highest BCUT2D eigenvalue weighted by molar-refractivity contribution is 5.70. The molecule has 2 unspecified atom stereocenters. The molecular formula is C9H19NO2. The predicted octanol–water partition coefficient (Wildman–Crippen LogP) is 1.47. The molecule has 0 saturated heterocycles. The first-order chi connectivity index (χ1) is 5.30. The van der Waals surface area contributed by atoms with Crippen LogP contribution in [0.5, 0.6) is 0 Å². The molecule has 3 N–H and O–H groups in total. The van der Waals surface area contributed by atoms with Crippen molar-refractivity contribution in [1.82, 2.24) is 0 Å². The highest BCUT2D eigenvalue weighted by Crippen LogP contribution is 2.25. The van der Waals surface area contributed by atoms with Gasteiger partial charge in [0.2, 0.25) is 0 Å². The molecule has 0 aromatic carbocycles. The molecule has 0 aliphatic rings. The SMILES string of the molecule is CCC(C(=O)O)C(N)C(C)(C)C. The maximum absolute atomic E-state index is 10.7. The molecule has 2 atom stereocenters. The van der Waals surface area contributed by atoms with Crippen molar-refractivity contribution in [2.45, 2.75) is 40.2 Å². The van der Waals surface area contributed by atoms with E-state index in [1.54, 1.807) is 0 Å². The first-order valence-corrected chi connectivity index (χ1v) is 4.29. The Bertz CT molecular complexity index is 160.